The van der Waals surface area contributed by atoms with Gasteiger partial charge in [0.1, 0.15) is 23.3 Å². The molecule has 0 amide bonds. The SMILES string of the molecule is Nc1ccc2c(c1)-c1cc(N)ccc1C(C1=NC3=NC(n4c5ccc(N)cc5c5cc(N)ccc54)=NC4=CC(F)=CC(=N1)N43)C2. The lowest BCUT2D eigenvalue weighted by atomic mass is 9.77. The number of hydrogen-bond acceptors (Lipinski definition) is 9. The normalized spacial score (nSPS) is 18.2. The Labute approximate surface area is 255 Å². The third-order valence-corrected chi connectivity index (χ3v) is 8.68. The highest BCUT2D eigenvalue weighted by Gasteiger charge is 2.37. The summed E-state index contributed by atoms with van der Waals surface area (Å²) in [4.78, 5) is 21.3. The summed E-state index contributed by atoms with van der Waals surface area (Å²) in [5.41, 5.74) is 33.1. The zero-order valence-electron chi connectivity index (χ0n) is 23.7. The van der Waals surface area contributed by atoms with Crippen LogP contribution in [0.4, 0.5) is 27.1 Å². The van der Waals surface area contributed by atoms with Crippen LogP contribution in [0.2, 0.25) is 0 Å². The van der Waals surface area contributed by atoms with Crippen molar-refractivity contribution in [1.82, 2.24) is 9.47 Å². The van der Waals surface area contributed by atoms with Crippen molar-refractivity contribution in [2.75, 3.05) is 22.9 Å². The second kappa shape index (κ2) is 8.89. The number of nitrogens with two attached hydrogens (primary N) is 4. The Hall–Kier alpha value is -6.23. The third-order valence-electron chi connectivity index (χ3n) is 8.68. The predicted molar refractivity (Wildman–Crippen MR) is 180 cm³/mol. The van der Waals surface area contributed by atoms with E-state index in [4.69, 9.17) is 42.9 Å². The molecule has 11 heteroatoms. The number of nitrogen functional groups attached to an aromatic ring is 4. The van der Waals surface area contributed by atoms with Crippen molar-refractivity contribution in [2.24, 2.45) is 20.0 Å². The number of rotatable bonds is 1. The first-order valence-electron chi connectivity index (χ1n) is 14.4. The molecule has 4 heterocycles. The molecule has 0 spiro atoms. The number of amidine groups is 2. The Balaban J connectivity index is 1.24. The maximum Gasteiger partial charge on any atom is 0.242 e. The molecule has 0 saturated heterocycles. The van der Waals surface area contributed by atoms with Crippen LogP contribution in [0.15, 0.2) is 117 Å². The summed E-state index contributed by atoms with van der Waals surface area (Å²) in [6.07, 6.45) is 3.36. The van der Waals surface area contributed by atoms with Gasteiger partial charge in [-0.25, -0.2) is 14.3 Å². The molecule has 0 fully saturated rings. The van der Waals surface area contributed by atoms with Crippen molar-refractivity contribution in [3.05, 3.63) is 108 Å². The van der Waals surface area contributed by atoms with E-state index in [1.165, 1.54) is 12.2 Å². The van der Waals surface area contributed by atoms with Gasteiger partial charge in [0, 0.05) is 51.6 Å². The lowest BCUT2D eigenvalue weighted by Crippen LogP contribution is -2.43. The number of guanidine groups is 1. The van der Waals surface area contributed by atoms with Gasteiger partial charge in [-0.15, -0.1) is 0 Å². The Morgan fingerprint density at radius 3 is 2.02 bits per heavy atom. The fraction of sp³-hybridized carbons (Fsp3) is 0.0588. The number of allylic oxidation sites excluding steroid dienone is 2. The number of anilines is 4. The molecule has 1 aliphatic carbocycles. The van der Waals surface area contributed by atoms with Crippen LogP contribution in [0.25, 0.3) is 32.9 Å². The molecule has 8 N–H and O–H groups in total. The topological polar surface area (TPSA) is 162 Å². The van der Waals surface area contributed by atoms with Crippen molar-refractivity contribution in [3.63, 3.8) is 0 Å². The van der Waals surface area contributed by atoms with Crippen molar-refractivity contribution < 1.29 is 4.39 Å². The summed E-state index contributed by atoms with van der Waals surface area (Å²) in [6.45, 7) is 0. The van der Waals surface area contributed by atoms with Gasteiger partial charge < -0.3 is 22.9 Å². The summed E-state index contributed by atoms with van der Waals surface area (Å²) in [5.74, 6) is 1.18. The van der Waals surface area contributed by atoms with E-state index in [0.717, 1.165) is 44.1 Å². The van der Waals surface area contributed by atoms with Crippen molar-refractivity contribution in [2.45, 2.75) is 12.3 Å². The zero-order chi connectivity index (χ0) is 30.6. The smallest absolute Gasteiger partial charge is 0.242 e. The molecular weight excluding hydrogens is 567 g/mol. The summed E-state index contributed by atoms with van der Waals surface area (Å²) in [5, 5.41) is 1.80. The zero-order valence-corrected chi connectivity index (χ0v) is 23.7. The van der Waals surface area contributed by atoms with E-state index in [1.54, 1.807) is 4.90 Å². The van der Waals surface area contributed by atoms with E-state index in [0.29, 0.717) is 58.6 Å². The summed E-state index contributed by atoms with van der Waals surface area (Å²) < 4.78 is 17.1. The number of hydrogen-bond donors (Lipinski definition) is 4. The molecule has 4 aromatic carbocycles. The molecule has 45 heavy (non-hydrogen) atoms. The summed E-state index contributed by atoms with van der Waals surface area (Å²) in [7, 11) is 0. The first-order chi connectivity index (χ1) is 21.8. The van der Waals surface area contributed by atoms with Gasteiger partial charge >= 0.3 is 0 Å². The fourth-order valence-electron chi connectivity index (χ4n) is 6.71. The highest BCUT2D eigenvalue weighted by molar-refractivity contribution is 6.24. The summed E-state index contributed by atoms with van der Waals surface area (Å²) >= 11 is 0. The van der Waals surface area contributed by atoms with E-state index in [9.17, 15) is 0 Å². The fourth-order valence-corrected chi connectivity index (χ4v) is 6.71. The van der Waals surface area contributed by atoms with Crippen LogP contribution >= 0.6 is 0 Å². The Morgan fingerprint density at radius 1 is 0.644 bits per heavy atom. The molecule has 0 saturated carbocycles. The molecule has 1 unspecified atom stereocenters. The molecule has 218 valence electrons. The first-order valence-corrected chi connectivity index (χ1v) is 14.4. The minimum atomic E-state index is -0.467. The molecule has 0 bridgehead atoms. The van der Waals surface area contributed by atoms with Crippen LogP contribution in [0.3, 0.4) is 0 Å². The van der Waals surface area contributed by atoms with Gasteiger partial charge in [-0.1, -0.05) is 12.1 Å². The van der Waals surface area contributed by atoms with Gasteiger partial charge in [0.15, 0.2) is 0 Å². The van der Waals surface area contributed by atoms with Gasteiger partial charge in [0.05, 0.1) is 11.0 Å². The average molecular weight is 593 g/mol. The molecule has 9 rings (SSSR count). The van der Waals surface area contributed by atoms with Gasteiger partial charge in [-0.05, 0) is 89.3 Å². The molecular formula is C34H25FN10. The number of benzene rings is 4. The maximum absolute atomic E-state index is 15.2. The lowest BCUT2D eigenvalue weighted by Gasteiger charge is -2.34. The maximum atomic E-state index is 15.2. The molecule has 10 nitrogen and oxygen atoms in total. The number of fused-ring (bicyclic) bond motifs is 6. The average Bonchev–Trinajstić information content (AvgIpc) is 3.32. The van der Waals surface area contributed by atoms with Crippen LogP contribution < -0.4 is 22.9 Å². The summed E-state index contributed by atoms with van der Waals surface area (Å²) in [6, 6.07) is 23.0. The van der Waals surface area contributed by atoms with Crippen LogP contribution in [0.1, 0.15) is 17.0 Å². The number of aromatic nitrogens is 1. The quantitative estimate of drug-likeness (QED) is 0.188. The molecule has 1 aromatic heterocycles. The van der Waals surface area contributed by atoms with Crippen molar-refractivity contribution in [1.29, 1.82) is 0 Å². The standard InChI is InChI=1S/C34H25FN10/c35-17-10-30-40-32(27-9-16-1-2-18(36)12-23(16)24-13-19(37)3-6-22(24)27)42-34-43-33(41-31(11-17)45(30)34)44-28-7-4-20(38)14-25(28)26-15-21(39)5-8-29(26)44/h1-8,10-15,27H,9,36-39H2. The van der Waals surface area contributed by atoms with Gasteiger partial charge in [-0.2, -0.15) is 15.0 Å². The van der Waals surface area contributed by atoms with E-state index in [-0.39, 0.29) is 5.92 Å². The Morgan fingerprint density at radius 2 is 1.29 bits per heavy atom. The van der Waals surface area contributed by atoms with E-state index >= 15 is 4.39 Å². The van der Waals surface area contributed by atoms with E-state index in [1.807, 2.05) is 77.4 Å². The lowest BCUT2D eigenvalue weighted by molar-refractivity contribution is 0.629. The monoisotopic (exact) mass is 592 g/mol. The van der Waals surface area contributed by atoms with Gasteiger partial charge in [0.2, 0.25) is 11.9 Å². The minimum Gasteiger partial charge on any atom is -0.399 e. The second-order valence-electron chi connectivity index (χ2n) is 11.5. The van der Waals surface area contributed by atoms with Gasteiger partial charge in [-0.3, -0.25) is 4.57 Å². The van der Waals surface area contributed by atoms with Crippen LogP contribution in [0.5, 0.6) is 0 Å². The number of halogens is 1. The molecule has 3 aliphatic heterocycles. The molecule has 4 aliphatic rings. The van der Waals surface area contributed by atoms with E-state index in [2.05, 4.69) is 0 Å². The predicted octanol–water partition coefficient (Wildman–Crippen LogP) is 5.52. The van der Waals surface area contributed by atoms with Crippen molar-refractivity contribution in [3.8, 4) is 11.1 Å². The van der Waals surface area contributed by atoms with E-state index < -0.39 is 5.83 Å². The van der Waals surface area contributed by atoms with Crippen LogP contribution in [-0.2, 0) is 6.42 Å². The largest absolute Gasteiger partial charge is 0.399 e. The highest BCUT2D eigenvalue weighted by atomic mass is 19.1. The van der Waals surface area contributed by atoms with Crippen LogP contribution in [-0.4, -0.2) is 33.1 Å². The number of aliphatic imine (C=N–C) groups is 4. The first kappa shape index (κ1) is 25.3. The second-order valence-corrected chi connectivity index (χ2v) is 11.5. The molecule has 1 atom stereocenters. The molecule has 0 radical (unpaired) electrons. The highest BCUT2D eigenvalue weighted by Crippen LogP contribution is 2.43. The van der Waals surface area contributed by atoms with Crippen molar-refractivity contribution >= 4 is 68.1 Å². The molecule has 5 aromatic rings. The Bertz CT molecular complexity index is 2310. The Kier molecular flexibility index (Phi) is 5.00. The van der Waals surface area contributed by atoms with Crippen LogP contribution in [0, 0.1) is 0 Å². The minimum absolute atomic E-state index is 0.235. The van der Waals surface area contributed by atoms with Gasteiger partial charge in [0.25, 0.3) is 0 Å². The third kappa shape index (κ3) is 3.73. The number of nitrogens with zero attached hydrogens (tertiary/aromatic N) is 6.